The molecule has 0 amide bonds. The molecule has 0 aromatic carbocycles. The van der Waals surface area contributed by atoms with Gasteiger partial charge in [-0.05, 0) is 37.4 Å². The highest BCUT2D eigenvalue weighted by Crippen LogP contribution is 2.25. The van der Waals surface area contributed by atoms with Crippen molar-refractivity contribution in [2.75, 3.05) is 45.2 Å². The van der Waals surface area contributed by atoms with E-state index in [9.17, 15) is 0 Å². The van der Waals surface area contributed by atoms with E-state index < -0.39 is 0 Å². The van der Waals surface area contributed by atoms with Crippen molar-refractivity contribution in [3.8, 4) is 0 Å². The minimum Gasteiger partial charge on any atom is -0.366 e. The van der Waals surface area contributed by atoms with Crippen molar-refractivity contribution in [1.29, 1.82) is 0 Å². The van der Waals surface area contributed by atoms with Gasteiger partial charge in [-0.15, -0.1) is 11.3 Å². The van der Waals surface area contributed by atoms with Gasteiger partial charge in [0, 0.05) is 39.3 Å². The molecule has 0 saturated carbocycles. The number of hydrogen-bond acceptors (Lipinski definition) is 4. The highest BCUT2D eigenvalue weighted by Gasteiger charge is 2.17. The number of thiophene rings is 1. The molecule has 2 heterocycles. The summed E-state index contributed by atoms with van der Waals surface area (Å²) in [5.74, 6) is 0. The highest BCUT2D eigenvalue weighted by molar-refractivity contribution is 7.14. The zero-order valence-corrected chi connectivity index (χ0v) is 11.9. The quantitative estimate of drug-likeness (QED) is 0.882. The predicted molar refractivity (Wildman–Crippen MR) is 76.2 cm³/mol. The van der Waals surface area contributed by atoms with Gasteiger partial charge in [0.1, 0.15) is 0 Å². The maximum absolute atomic E-state index is 3.60. The molecule has 1 aliphatic rings. The molecular formula is C13H23N3S. The number of nitrogens with one attached hydrogen (secondary N) is 1. The first kappa shape index (κ1) is 12.9. The number of anilines is 1. The molecule has 1 aromatic heterocycles. The smallest absolute Gasteiger partial charge is 0.0935 e. The van der Waals surface area contributed by atoms with Crippen molar-refractivity contribution in [3.63, 3.8) is 0 Å². The third-order valence-corrected chi connectivity index (χ3v) is 4.58. The molecule has 2 rings (SSSR count). The molecule has 96 valence electrons. The van der Waals surface area contributed by atoms with Crippen molar-refractivity contribution in [2.24, 2.45) is 0 Å². The maximum Gasteiger partial charge on any atom is 0.0935 e. The standard InChI is InChI=1S/C13H23N3S/c1-11-5-9-17-13(11)16(3)7-4-12-10-15(2)8-6-14-12/h5,9,12,14H,4,6-8,10H2,1-3H3. The van der Waals surface area contributed by atoms with E-state index >= 15 is 0 Å². The molecule has 17 heavy (non-hydrogen) atoms. The van der Waals surface area contributed by atoms with Gasteiger partial charge in [-0.25, -0.2) is 0 Å². The first-order valence-electron chi connectivity index (χ1n) is 6.34. The van der Waals surface area contributed by atoms with Gasteiger partial charge in [0.25, 0.3) is 0 Å². The van der Waals surface area contributed by atoms with Crippen LogP contribution in [0.1, 0.15) is 12.0 Å². The average molecular weight is 253 g/mol. The SMILES string of the molecule is Cc1ccsc1N(C)CCC1CN(C)CCN1. The van der Waals surface area contributed by atoms with Crippen molar-refractivity contribution in [2.45, 2.75) is 19.4 Å². The fraction of sp³-hybridized carbons (Fsp3) is 0.692. The third-order valence-electron chi connectivity index (χ3n) is 3.45. The summed E-state index contributed by atoms with van der Waals surface area (Å²) in [5, 5.41) is 7.19. The second-order valence-corrected chi connectivity index (χ2v) is 5.93. The average Bonchev–Trinajstić information content (AvgIpc) is 2.72. The van der Waals surface area contributed by atoms with Crippen LogP contribution in [0.2, 0.25) is 0 Å². The van der Waals surface area contributed by atoms with Crippen LogP contribution in [0.5, 0.6) is 0 Å². The van der Waals surface area contributed by atoms with Crippen molar-refractivity contribution < 1.29 is 0 Å². The largest absolute Gasteiger partial charge is 0.366 e. The van der Waals surface area contributed by atoms with E-state index in [4.69, 9.17) is 0 Å². The zero-order valence-electron chi connectivity index (χ0n) is 11.1. The summed E-state index contributed by atoms with van der Waals surface area (Å²) < 4.78 is 0. The molecule has 1 N–H and O–H groups in total. The molecule has 4 heteroatoms. The van der Waals surface area contributed by atoms with Gasteiger partial charge in [-0.1, -0.05) is 0 Å². The number of aryl methyl sites for hydroxylation is 1. The minimum atomic E-state index is 0.650. The summed E-state index contributed by atoms with van der Waals surface area (Å²) in [4.78, 5) is 4.80. The zero-order chi connectivity index (χ0) is 12.3. The molecule has 1 aromatic rings. The Morgan fingerprint density at radius 2 is 2.41 bits per heavy atom. The lowest BCUT2D eigenvalue weighted by molar-refractivity contribution is 0.233. The Morgan fingerprint density at radius 1 is 1.59 bits per heavy atom. The summed E-state index contributed by atoms with van der Waals surface area (Å²) in [6, 6.07) is 2.85. The van der Waals surface area contributed by atoms with Crippen LogP contribution in [-0.2, 0) is 0 Å². The maximum atomic E-state index is 3.60. The molecule has 1 aliphatic heterocycles. The van der Waals surface area contributed by atoms with Crippen LogP contribution in [0.15, 0.2) is 11.4 Å². The molecular weight excluding hydrogens is 230 g/mol. The van der Waals surface area contributed by atoms with Gasteiger partial charge < -0.3 is 15.1 Å². The lowest BCUT2D eigenvalue weighted by Gasteiger charge is -2.32. The molecule has 0 spiro atoms. The fourth-order valence-corrected chi connectivity index (χ4v) is 3.32. The molecule has 1 saturated heterocycles. The predicted octanol–water partition coefficient (Wildman–Crippen LogP) is 1.79. The summed E-state index contributed by atoms with van der Waals surface area (Å²) in [6.07, 6.45) is 1.22. The van der Waals surface area contributed by atoms with Crippen LogP contribution in [0, 0.1) is 6.92 Å². The van der Waals surface area contributed by atoms with Gasteiger partial charge in [-0.3, -0.25) is 0 Å². The van der Waals surface area contributed by atoms with E-state index in [1.807, 2.05) is 11.3 Å². The highest BCUT2D eigenvalue weighted by atomic mass is 32.1. The lowest BCUT2D eigenvalue weighted by Crippen LogP contribution is -2.49. The summed E-state index contributed by atoms with van der Waals surface area (Å²) in [6.45, 7) is 6.80. The van der Waals surface area contributed by atoms with Crippen LogP contribution < -0.4 is 10.2 Å². The lowest BCUT2D eigenvalue weighted by atomic mass is 10.1. The topological polar surface area (TPSA) is 18.5 Å². The van der Waals surface area contributed by atoms with Gasteiger partial charge in [0.05, 0.1) is 5.00 Å². The number of nitrogens with zero attached hydrogens (tertiary/aromatic N) is 2. The molecule has 0 aliphatic carbocycles. The van der Waals surface area contributed by atoms with Gasteiger partial charge in [0.2, 0.25) is 0 Å². The van der Waals surface area contributed by atoms with Gasteiger partial charge >= 0.3 is 0 Å². The molecule has 1 unspecified atom stereocenters. The van der Waals surface area contributed by atoms with Crippen LogP contribution in [0.4, 0.5) is 5.00 Å². The normalized spacial score (nSPS) is 21.7. The van der Waals surface area contributed by atoms with E-state index in [1.165, 1.54) is 30.1 Å². The Morgan fingerprint density at radius 3 is 3.06 bits per heavy atom. The number of piperazine rings is 1. The van der Waals surface area contributed by atoms with E-state index in [2.05, 4.69) is 47.6 Å². The van der Waals surface area contributed by atoms with E-state index in [0.29, 0.717) is 6.04 Å². The van der Waals surface area contributed by atoms with E-state index in [0.717, 1.165) is 13.1 Å². The van der Waals surface area contributed by atoms with Gasteiger partial charge in [0.15, 0.2) is 0 Å². The second kappa shape index (κ2) is 5.85. The molecule has 1 fully saturated rings. The van der Waals surface area contributed by atoms with Crippen molar-refractivity contribution in [3.05, 3.63) is 17.0 Å². The minimum absolute atomic E-state index is 0.650. The third kappa shape index (κ3) is 3.44. The Kier molecular flexibility index (Phi) is 4.42. The fourth-order valence-electron chi connectivity index (χ4n) is 2.39. The van der Waals surface area contributed by atoms with Crippen LogP contribution in [0.3, 0.4) is 0 Å². The molecule has 0 bridgehead atoms. The van der Waals surface area contributed by atoms with Crippen molar-refractivity contribution >= 4 is 16.3 Å². The summed E-state index contributed by atoms with van der Waals surface area (Å²) >= 11 is 1.84. The molecule has 1 atom stereocenters. The number of likely N-dealkylation sites (N-methyl/N-ethyl adjacent to an activating group) is 1. The molecule has 0 radical (unpaired) electrons. The Labute approximate surface area is 108 Å². The summed E-state index contributed by atoms with van der Waals surface area (Å²) in [7, 11) is 4.41. The summed E-state index contributed by atoms with van der Waals surface area (Å²) in [5.41, 5.74) is 1.39. The van der Waals surface area contributed by atoms with Crippen molar-refractivity contribution in [1.82, 2.24) is 10.2 Å². The molecule has 3 nitrogen and oxygen atoms in total. The van der Waals surface area contributed by atoms with Crippen LogP contribution >= 0.6 is 11.3 Å². The first-order chi connectivity index (χ1) is 8.16. The number of hydrogen-bond donors (Lipinski definition) is 1. The number of rotatable bonds is 4. The van der Waals surface area contributed by atoms with Crippen LogP contribution in [0.25, 0.3) is 0 Å². The Balaban J connectivity index is 1.80. The Bertz CT molecular complexity index is 350. The van der Waals surface area contributed by atoms with E-state index in [1.54, 1.807) is 0 Å². The van der Waals surface area contributed by atoms with Crippen LogP contribution in [-0.4, -0.2) is 51.2 Å². The monoisotopic (exact) mass is 253 g/mol. The first-order valence-corrected chi connectivity index (χ1v) is 7.22. The Hall–Kier alpha value is -0.580. The van der Waals surface area contributed by atoms with E-state index in [-0.39, 0.29) is 0 Å². The van der Waals surface area contributed by atoms with Gasteiger partial charge in [-0.2, -0.15) is 0 Å². The second-order valence-electron chi connectivity index (χ2n) is 5.03.